The highest BCUT2D eigenvalue weighted by molar-refractivity contribution is 5.68. The van der Waals surface area contributed by atoms with Gasteiger partial charge in [0.15, 0.2) is 11.7 Å². The number of hydrogen-bond acceptors (Lipinski definition) is 6. The fourth-order valence-corrected chi connectivity index (χ4v) is 2.20. The van der Waals surface area contributed by atoms with Crippen LogP contribution in [0.15, 0.2) is 15.9 Å². The van der Waals surface area contributed by atoms with E-state index in [1.807, 2.05) is 0 Å². The number of aliphatic hydroxyl groups excluding tert-OH is 2. The number of aromatic nitrogens is 4. The van der Waals surface area contributed by atoms with Gasteiger partial charge < -0.3 is 14.9 Å². The van der Waals surface area contributed by atoms with Crippen molar-refractivity contribution in [1.82, 2.24) is 19.5 Å². The van der Waals surface area contributed by atoms with Gasteiger partial charge >= 0.3 is 5.69 Å². The third-order valence-electron chi connectivity index (χ3n) is 3.22. The molecule has 9 nitrogen and oxygen atoms in total. The van der Waals surface area contributed by atoms with E-state index in [4.69, 9.17) is 4.74 Å². The second-order valence-electron chi connectivity index (χ2n) is 4.47. The van der Waals surface area contributed by atoms with Gasteiger partial charge in [0.2, 0.25) is 0 Å². The number of rotatable bonds is 1. The van der Waals surface area contributed by atoms with Crippen molar-refractivity contribution < 1.29 is 14.9 Å². The maximum atomic E-state index is 11.5. The monoisotopic (exact) mass is 268 g/mol. The number of ether oxygens (including phenoxy) is 1. The highest BCUT2D eigenvalue weighted by Crippen LogP contribution is 2.30. The van der Waals surface area contributed by atoms with Crippen molar-refractivity contribution in [3.05, 3.63) is 27.2 Å². The zero-order valence-electron chi connectivity index (χ0n) is 9.90. The van der Waals surface area contributed by atoms with Gasteiger partial charge in [0.05, 0.1) is 12.4 Å². The Balaban J connectivity index is 2.17. The predicted molar refractivity (Wildman–Crippen MR) is 62.6 cm³/mol. The lowest BCUT2D eigenvalue weighted by atomic mass is 10.1. The average molecular weight is 268 g/mol. The minimum Gasteiger partial charge on any atom is -0.388 e. The number of H-pyrrole nitrogens is 2. The van der Waals surface area contributed by atoms with Gasteiger partial charge in [0.1, 0.15) is 17.9 Å². The second kappa shape index (κ2) is 4.02. The smallest absolute Gasteiger partial charge is 0.327 e. The number of imidazole rings is 1. The Bertz CT molecular complexity index is 731. The van der Waals surface area contributed by atoms with Crippen molar-refractivity contribution in [3.63, 3.8) is 0 Å². The Labute approximate surface area is 105 Å². The molecule has 102 valence electrons. The third-order valence-corrected chi connectivity index (χ3v) is 3.22. The minimum atomic E-state index is -1.17. The molecule has 2 aromatic heterocycles. The summed E-state index contributed by atoms with van der Waals surface area (Å²) in [5.41, 5.74) is -1.14. The molecule has 19 heavy (non-hydrogen) atoms. The van der Waals surface area contributed by atoms with Crippen molar-refractivity contribution in [2.24, 2.45) is 0 Å². The van der Waals surface area contributed by atoms with Crippen LogP contribution in [0.4, 0.5) is 0 Å². The quantitative estimate of drug-likeness (QED) is 0.475. The molecule has 9 heteroatoms. The van der Waals surface area contributed by atoms with Crippen LogP contribution in [0.2, 0.25) is 0 Å². The summed E-state index contributed by atoms with van der Waals surface area (Å²) in [5.74, 6) is 0. The number of hydrogen-bond donors (Lipinski definition) is 4. The number of aliphatic hydroxyl groups is 2. The Morgan fingerprint density at radius 1 is 1.32 bits per heavy atom. The van der Waals surface area contributed by atoms with Crippen LogP contribution >= 0.6 is 0 Å². The molecular weight excluding hydrogens is 256 g/mol. The number of nitrogens with one attached hydrogen (secondary N) is 2. The van der Waals surface area contributed by atoms with Crippen LogP contribution in [0.5, 0.6) is 0 Å². The summed E-state index contributed by atoms with van der Waals surface area (Å²) in [6.45, 7) is 1.61. The second-order valence-corrected chi connectivity index (χ2v) is 4.47. The van der Waals surface area contributed by atoms with E-state index >= 15 is 0 Å². The zero-order valence-corrected chi connectivity index (χ0v) is 9.90. The molecule has 0 aromatic carbocycles. The zero-order chi connectivity index (χ0) is 13.7. The normalized spacial score (nSPS) is 31.1. The SMILES string of the molecule is CC1OC(n2cnc3c(=O)[nH]c(=O)[nH]c32)C(O)C1O. The van der Waals surface area contributed by atoms with E-state index < -0.39 is 35.8 Å². The summed E-state index contributed by atoms with van der Waals surface area (Å²) in [7, 11) is 0. The van der Waals surface area contributed by atoms with Gasteiger partial charge in [-0.05, 0) is 6.92 Å². The van der Waals surface area contributed by atoms with Gasteiger partial charge in [-0.25, -0.2) is 9.78 Å². The molecule has 0 radical (unpaired) electrons. The maximum Gasteiger partial charge on any atom is 0.327 e. The first-order valence-electron chi connectivity index (χ1n) is 5.70. The number of fused-ring (bicyclic) bond motifs is 1. The van der Waals surface area contributed by atoms with Crippen molar-refractivity contribution in [2.45, 2.75) is 31.5 Å². The van der Waals surface area contributed by atoms with Gasteiger partial charge in [-0.15, -0.1) is 0 Å². The summed E-state index contributed by atoms with van der Waals surface area (Å²) in [6, 6.07) is 0. The van der Waals surface area contributed by atoms with Crippen LogP contribution in [0, 0.1) is 0 Å². The lowest BCUT2D eigenvalue weighted by Gasteiger charge is -2.16. The van der Waals surface area contributed by atoms with Crippen LogP contribution in [0.1, 0.15) is 13.2 Å². The van der Waals surface area contributed by atoms with Crippen molar-refractivity contribution in [3.8, 4) is 0 Å². The van der Waals surface area contributed by atoms with E-state index in [0.717, 1.165) is 0 Å². The van der Waals surface area contributed by atoms with E-state index in [1.165, 1.54) is 10.9 Å². The van der Waals surface area contributed by atoms with Gasteiger partial charge in [-0.2, -0.15) is 0 Å². The van der Waals surface area contributed by atoms with Crippen molar-refractivity contribution in [2.75, 3.05) is 0 Å². The fraction of sp³-hybridized carbons (Fsp3) is 0.500. The highest BCUT2D eigenvalue weighted by Gasteiger charge is 2.41. The molecule has 2 aromatic rings. The Morgan fingerprint density at radius 3 is 2.68 bits per heavy atom. The topological polar surface area (TPSA) is 133 Å². The van der Waals surface area contributed by atoms with E-state index in [-0.39, 0.29) is 11.2 Å². The number of aromatic amines is 2. The molecule has 1 aliphatic rings. The van der Waals surface area contributed by atoms with E-state index in [2.05, 4.69) is 15.0 Å². The molecule has 3 rings (SSSR count). The van der Waals surface area contributed by atoms with Crippen LogP contribution in [0.25, 0.3) is 11.2 Å². The largest absolute Gasteiger partial charge is 0.388 e. The third kappa shape index (κ3) is 1.70. The summed E-state index contributed by atoms with van der Waals surface area (Å²) in [4.78, 5) is 31.1. The maximum absolute atomic E-state index is 11.5. The molecule has 0 aliphatic carbocycles. The molecule has 4 unspecified atom stereocenters. The molecule has 4 atom stereocenters. The lowest BCUT2D eigenvalue weighted by Crippen LogP contribution is -2.30. The van der Waals surface area contributed by atoms with E-state index in [9.17, 15) is 19.8 Å². The average Bonchev–Trinajstić information content (AvgIpc) is 2.86. The first kappa shape index (κ1) is 12.1. The van der Waals surface area contributed by atoms with Crippen molar-refractivity contribution >= 4 is 11.2 Å². The van der Waals surface area contributed by atoms with Gasteiger partial charge in [0, 0.05) is 0 Å². The van der Waals surface area contributed by atoms with Gasteiger partial charge in [0.25, 0.3) is 5.56 Å². The standard InChI is InChI=1S/C10H12N4O5/c1-3-5(15)6(16)9(19-3)14-2-11-4-7(14)12-10(18)13-8(4)17/h2-3,5-6,9,15-16H,1H3,(H2,12,13,17,18). The first-order valence-corrected chi connectivity index (χ1v) is 5.70. The Morgan fingerprint density at radius 2 is 2.05 bits per heavy atom. The molecule has 4 N–H and O–H groups in total. The van der Waals surface area contributed by atoms with Crippen LogP contribution in [-0.4, -0.2) is 48.0 Å². The summed E-state index contributed by atoms with van der Waals surface area (Å²) < 4.78 is 6.73. The van der Waals surface area contributed by atoms with Gasteiger partial charge in [-0.3, -0.25) is 19.3 Å². The summed E-state index contributed by atoms with van der Waals surface area (Å²) in [6.07, 6.45) is -2.42. The molecule has 1 aliphatic heterocycles. The Hall–Kier alpha value is -1.97. The molecule has 1 fully saturated rings. The molecule has 0 saturated carbocycles. The lowest BCUT2D eigenvalue weighted by molar-refractivity contribution is -0.0299. The van der Waals surface area contributed by atoms with Crippen LogP contribution in [-0.2, 0) is 4.74 Å². The first-order chi connectivity index (χ1) is 8.99. The summed E-state index contributed by atoms with van der Waals surface area (Å²) >= 11 is 0. The summed E-state index contributed by atoms with van der Waals surface area (Å²) in [5, 5.41) is 19.6. The van der Waals surface area contributed by atoms with E-state index in [1.54, 1.807) is 6.92 Å². The molecule has 1 saturated heterocycles. The predicted octanol–water partition coefficient (Wildman–Crippen LogP) is -1.95. The van der Waals surface area contributed by atoms with Crippen molar-refractivity contribution in [1.29, 1.82) is 0 Å². The minimum absolute atomic E-state index is 0.0319. The molecule has 0 amide bonds. The van der Waals surface area contributed by atoms with Gasteiger partial charge in [-0.1, -0.05) is 0 Å². The number of nitrogens with zero attached hydrogens (tertiary/aromatic N) is 2. The Kier molecular flexibility index (Phi) is 2.55. The molecular formula is C10H12N4O5. The van der Waals surface area contributed by atoms with E-state index in [0.29, 0.717) is 0 Å². The van der Waals surface area contributed by atoms with Crippen LogP contribution in [0.3, 0.4) is 0 Å². The fourth-order valence-electron chi connectivity index (χ4n) is 2.20. The molecule has 3 heterocycles. The molecule has 0 spiro atoms. The molecule has 0 bridgehead atoms. The van der Waals surface area contributed by atoms with Crippen LogP contribution < -0.4 is 11.2 Å². The highest BCUT2D eigenvalue weighted by atomic mass is 16.6.